The SMILES string of the molecule is CCCC1CN(Cc2cccc(C(=O)N(C)CC(F)(F)F)n2)C1. The van der Waals surface area contributed by atoms with E-state index in [4.69, 9.17) is 0 Å². The quantitative estimate of drug-likeness (QED) is 0.805. The molecule has 4 nitrogen and oxygen atoms in total. The van der Waals surface area contributed by atoms with E-state index in [0.717, 1.165) is 26.1 Å². The normalized spacial score (nSPS) is 16.2. The van der Waals surface area contributed by atoms with Gasteiger partial charge in [0.25, 0.3) is 5.91 Å². The molecule has 0 aliphatic carbocycles. The van der Waals surface area contributed by atoms with E-state index in [9.17, 15) is 18.0 Å². The molecule has 0 aromatic carbocycles. The molecule has 2 rings (SSSR count). The van der Waals surface area contributed by atoms with E-state index in [2.05, 4.69) is 16.8 Å². The van der Waals surface area contributed by atoms with E-state index in [-0.39, 0.29) is 5.69 Å². The minimum absolute atomic E-state index is 0.0554. The van der Waals surface area contributed by atoms with Crippen molar-refractivity contribution in [2.24, 2.45) is 5.92 Å². The highest BCUT2D eigenvalue weighted by Crippen LogP contribution is 2.22. The van der Waals surface area contributed by atoms with Crippen LogP contribution in [-0.2, 0) is 6.54 Å². The molecule has 1 saturated heterocycles. The molecule has 7 heteroatoms. The summed E-state index contributed by atoms with van der Waals surface area (Å²) >= 11 is 0. The molecule has 0 saturated carbocycles. The maximum atomic E-state index is 12.4. The van der Waals surface area contributed by atoms with Crippen LogP contribution in [-0.4, -0.2) is 53.5 Å². The van der Waals surface area contributed by atoms with Crippen LogP contribution in [0.5, 0.6) is 0 Å². The van der Waals surface area contributed by atoms with Gasteiger partial charge < -0.3 is 4.90 Å². The predicted molar refractivity (Wildman–Crippen MR) is 80.9 cm³/mol. The van der Waals surface area contributed by atoms with E-state index in [1.807, 2.05) is 0 Å². The highest BCUT2D eigenvalue weighted by atomic mass is 19.4. The lowest BCUT2D eigenvalue weighted by Gasteiger charge is -2.39. The van der Waals surface area contributed by atoms with Crippen molar-refractivity contribution < 1.29 is 18.0 Å². The van der Waals surface area contributed by atoms with Gasteiger partial charge in [0.1, 0.15) is 12.2 Å². The van der Waals surface area contributed by atoms with Gasteiger partial charge in [-0.15, -0.1) is 0 Å². The van der Waals surface area contributed by atoms with Crippen molar-refractivity contribution >= 4 is 5.91 Å². The van der Waals surface area contributed by atoms with Crippen LogP contribution in [0.15, 0.2) is 18.2 Å². The fraction of sp³-hybridized carbons (Fsp3) is 0.625. The van der Waals surface area contributed by atoms with Crippen LogP contribution in [0.25, 0.3) is 0 Å². The van der Waals surface area contributed by atoms with Crippen LogP contribution in [0.3, 0.4) is 0 Å². The molecule has 1 fully saturated rings. The Morgan fingerprint density at radius 2 is 2.09 bits per heavy atom. The summed E-state index contributed by atoms with van der Waals surface area (Å²) in [6.45, 7) is 3.55. The Bertz CT molecular complexity index is 542. The second-order valence-corrected chi connectivity index (χ2v) is 6.14. The third-order valence-corrected chi connectivity index (χ3v) is 3.90. The Morgan fingerprint density at radius 1 is 1.39 bits per heavy atom. The summed E-state index contributed by atoms with van der Waals surface area (Å²) in [6.07, 6.45) is -2.02. The number of aromatic nitrogens is 1. The highest BCUT2D eigenvalue weighted by Gasteiger charge is 2.32. The van der Waals surface area contributed by atoms with Gasteiger partial charge in [0.05, 0.1) is 5.69 Å². The largest absolute Gasteiger partial charge is 0.406 e. The summed E-state index contributed by atoms with van der Waals surface area (Å²) in [6, 6.07) is 4.92. The second-order valence-electron chi connectivity index (χ2n) is 6.14. The molecule has 0 radical (unpaired) electrons. The van der Waals surface area contributed by atoms with Crippen LogP contribution < -0.4 is 0 Å². The zero-order valence-electron chi connectivity index (χ0n) is 13.4. The summed E-state index contributed by atoms with van der Waals surface area (Å²) in [5.41, 5.74) is 0.770. The Morgan fingerprint density at radius 3 is 2.70 bits per heavy atom. The summed E-state index contributed by atoms with van der Waals surface area (Å²) in [7, 11) is 1.13. The van der Waals surface area contributed by atoms with E-state index >= 15 is 0 Å². The van der Waals surface area contributed by atoms with Crippen molar-refractivity contribution in [1.82, 2.24) is 14.8 Å². The average Bonchev–Trinajstić information content (AvgIpc) is 2.43. The van der Waals surface area contributed by atoms with Gasteiger partial charge in [-0.2, -0.15) is 13.2 Å². The first kappa shape index (κ1) is 17.7. The zero-order chi connectivity index (χ0) is 17.0. The molecule has 1 amide bonds. The van der Waals surface area contributed by atoms with Crippen LogP contribution in [0.2, 0.25) is 0 Å². The predicted octanol–water partition coefficient (Wildman–Crippen LogP) is 2.95. The van der Waals surface area contributed by atoms with Crippen LogP contribution in [0.1, 0.15) is 35.9 Å². The average molecular weight is 329 g/mol. The van der Waals surface area contributed by atoms with Gasteiger partial charge >= 0.3 is 6.18 Å². The van der Waals surface area contributed by atoms with Crippen molar-refractivity contribution in [2.75, 3.05) is 26.7 Å². The summed E-state index contributed by atoms with van der Waals surface area (Å²) in [4.78, 5) is 19.1. The molecule has 0 N–H and O–H groups in total. The van der Waals surface area contributed by atoms with Crippen molar-refractivity contribution in [2.45, 2.75) is 32.5 Å². The van der Waals surface area contributed by atoms with Crippen LogP contribution in [0, 0.1) is 5.92 Å². The maximum Gasteiger partial charge on any atom is 0.406 e. The third kappa shape index (κ3) is 5.20. The van der Waals surface area contributed by atoms with Crippen LogP contribution in [0.4, 0.5) is 13.2 Å². The molecule has 0 unspecified atom stereocenters. The molecule has 0 spiro atoms. The fourth-order valence-electron chi connectivity index (χ4n) is 2.85. The number of hydrogen-bond donors (Lipinski definition) is 0. The Labute approximate surface area is 134 Å². The van der Waals surface area contributed by atoms with Crippen molar-refractivity contribution in [1.29, 1.82) is 0 Å². The van der Waals surface area contributed by atoms with E-state index in [1.54, 1.807) is 12.1 Å². The Kier molecular flexibility index (Phi) is 5.62. The number of rotatable bonds is 6. The number of carbonyl (C=O) groups excluding carboxylic acids is 1. The summed E-state index contributed by atoms with van der Waals surface area (Å²) in [5, 5.41) is 0. The first-order valence-corrected chi connectivity index (χ1v) is 7.79. The monoisotopic (exact) mass is 329 g/mol. The number of amides is 1. The first-order chi connectivity index (χ1) is 10.8. The number of nitrogens with zero attached hydrogens (tertiary/aromatic N) is 3. The highest BCUT2D eigenvalue weighted by molar-refractivity contribution is 5.92. The van der Waals surface area contributed by atoms with Gasteiger partial charge in [-0.25, -0.2) is 4.98 Å². The van der Waals surface area contributed by atoms with Gasteiger partial charge in [-0.3, -0.25) is 9.69 Å². The lowest BCUT2D eigenvalue weighted by atomic mass is 9.95. The third-order valence-electron chi connectivity index (χ3n) is 3.90. The van der Waals surface area contributed by atoms with Crippen molar-refractivity contribution in [3.8, 4) is 0 Å². The van der Waals surface area contributed by atoms with E-state index < -0.39 is 18.6 Å². The molecule has 1 aliphatic heterocycles. The zero-order valence-corrected chi connectivity index (χ0v) is 13.4. The topological polar surface area (TPSA) is 36.4 Å². The standard InChI is InChI=1S/C16H22F3N3O/c1-3-5-12-8-22(9-12)10-13-6-4-7-14(20-13)15(23)21(2)11-16(17,18)19/h4,6-7,12H,3,5,8-11H2,1-2H3. The molecule has 1 aliphatic rings. The van der Waals surface area contributed by atoms with Gasteiger partial charge in [-0.1, -0.05) is 19.4 Å². The molecule has 2 heterocycles. The smallest absolute Gasteiger partial charge is 0.331 e. The molecular formula is C16H22F3N3O. The van der Waals surface area contributed by atoms with E-state index in [0.29, 0.717) is 17.1 Å². The number of pyridine rings is 1. The summed E-state index contributed by atoms with van der Waals surface area (Å²) in [5.74, 6) is 0.0133. The maximum absolute atomic E-state index is 12.4. The van der Waals surface area contributed by atoms with Gasteiger partial charge in [0.15, 0.2) is 0 Å². The lowest BCUT2D eigenvalue weighted by molar-refractivity contribution is -0.138. The number of halogens is 3. The number of carbonyl (C=O) groups is 1. The van der Waals surface area contributed by atoms with Crippen molar-refractivity contribution in [3.63, 3.8) is 0 Å². The van der Waals surface area contributed by atoms with Gasteiger partial charge in [-0.05, 0) is 24.5 Å². The minimum atomic E-state index is -4.41. The molecular weight excluding hydrogens is 307 g/mol. The second kappa shape index (κ2) is 7.29. The Hall–Kier alpha value is -1.63. The molecule has 1 aromatic rings. The van der Waals surface area contributed by atoms with Crippen LogP contribution >= 0.6 is 0 Å². The lowest BCUT2D eigenvalue weighted by Crippen LogP contribution is -2.45. The van der Waals surface area contributed by atoms with E-state index in [1.165, 1.54) is 18.9 Å². The van der Waals surface area contributed by atoms with Crippen molar-refractivity contribution in [3.05, 3.63) is 29.6 Å². The molecule has 1 aromatic heterocycles. The first-order valence-electron chi connectivity index (χ1n) is 7.79. The Balaban J connectivity index is 1.93. The minimum Gasteiger partial charge on any atom is -0.331 e. The van der Waals surface area contributed by atoms with Gasteiger partial charge in [0.2, 0.25) is 0 Å². The number of hydrogen-bond acceptors (Lipinski definition) is 3. The summed E-state index contributed by atoms with van der Waals surface area (Å²) < 4.78 is 37.1. The molecule has 23 heavy (non-hydrogen) atoms. The van der Waals surface area contributed by atoms with Gasteiger partial charge in [0, 0.05) is 26.7 Å². The molecule has 128 valence electrons. The number of likely N-dealkylation sites (tertiary alicyclic amines) is 1. The fourth-order valence-corrected chi connectivity index (χ4v) is 2.85. The number of alkyl halides is 3. The molecule has 0 atom stereocenters. The molecule has 0 bridgehead atoms.